The van der Waals surface area contributed by atoms with Crippen LogP contribution in [0.15, 0.2) is 36.4 Å². The lowest BCUT2D eigenvalue weighted by molar-refractivity contribution is 0.491. The molecule has 17 heavy (non-hydrogen) atoms. The second-order valence-corrected chi connectivity index (χ2v) is 5.40. The van der Waals surface area contributed by atoms with Crippen molar-refractivity contribution in [3.8, 4) is 0 Å². The first-order valence-corrected chi connectivity index (χ1v) is 6.25. The molecule has 0 aliphatic heterocycles. The summed E-state index contributed by atoms with van der Waals surface area (Å²) in [6.45, 7) is 7.45. The van der Waals surface area contributed by atoms with E-state index >= 15 is 0 Å². The Labute approximate surface area is 104 Å². The molecule has 0 atom stereocenters. The van der Waals surface area contributed by atoms with Gasteiger partial charge in [-0.3, -0.25) is 0 Å². The quantitative estimate of drug-likeness (QED) is 0.848. The second-order valence-electron chi connectivity index (χ2n) is 5.40. The lowest BCUT2D eigenvalue weighted by atomic mass is 9.78. The maximum absolute atomic E-state index is 5.73. The van der Waals surface area contributed by atoms with Crippen molar-refractivity contribution in [1.82, 2.24) is 0 Å². The lowest BCUT2D eigenvalue weighted by Crippen LogP contribution is -2.22. The molecule has 0 aromatic heterocycles. The summed E-state index contributed by atoms with van der Waals surface area (Å²) < 4.78 is 0. The normalized spacial score (nSPS) is 12.0. The van der Waals surface area contributed by atoms with Crippen LogP contribution in [0.25, 0.3) is 10.8 Å². The minimum absolute atomic E-state index is 0.141. The zero-order valence-electron chi connectivity index (χ0n) is 11.0. The molecule has 2 aromatic carbocycles. The summed E-state index contributed by atoms with van der Waals surface area (Å²) in [5.41, 5.74) is 8.61. The van der Waals surface area contributed by atoms with Gasteiger partial charge in [0.2, 0.25) is 0 Å². The molecule has 0 bridgehead atoms. The number of hydrogen-bond acceptors (Lipinski definition) is 1. The van der Waals surface area contributed by atoms with E-state index in [0.29, 0.717) is 0 Å². The van der Waals surface area contributed by atoms with Crippen LogP contribution in [0.1, 0.15) is 31.4 Å². The molecule has 0 aliphatic carbocycles. The van der Waals surface area contributed by atoms with Gasteiger partial charge in [0.25, 0.3) is 0 Å². The number of fused-ring (bicyclic) bond motifs is 1. The zero-order chi connectivity index (χ0) is 12.5. The third kappa shape index (κ3) is 2.20. The van der Waals surface area contributed by atoms with Crippen molar-refractivity contribution >= 4 is 10.8 Å². The van der Waals surface area contributed by atoms with Gasteiger partial charge in [0.15, 0.2) is 0 Å². The molecule has 0 fully saturated rings. The van der Waals surface area contributed by atoms with Gasteiger partial charge in [-0.2, -0.15) is 0 Å². The van der Waals surface area contributed by atoms with Gasteiger partial charge in [0.05, 0.1) is 0 Å². The monoisotopic (exact) mass is 227 g/mol. The van der Waals surface area contributed by atoms with Gasteiger partial charge < -0.3 is 5.73 Å². The van der Waals surface area contributed by atoms with E-state index in [1.54, 1.807) is 0 Å². The Kier molecular flexibility index (Phi) is 3.21. The van der Waals surface area contributed by atoms with E-state index in [-0.39, 0.29) is 5.41 Å². The summed E-state index contributed by atoms with van der Waals surface area (Å²) in [4.78, 5) is 0. The topological polar surface area (TPSA) is 26.0 Å². The Morgan fingerprint density at radius 1 is 1.00 bits per heavy atom. The van der Waals surface area contributed by atoms with Crippen molar-refractivity contribution in [1.29, 1.82) is 0 Å². The summed E-state index contributed by atoms with van der Waals surface area (Å²) in [5, 5.41) is 2.72. The molecule has 0 saturated carbocycles. The lowest BCUT2D eigenvalue weighted by Gasteiger charge is -2.26. The highest BCUT2D eigenvalue weighted by molar-refractivity contribution is 5.89. The zero-order valence-corrected chi connectivity index (χ0v) is 11.0. The Bertz CT molecular complexity index is 526. The molecule has 2 rings (SSSR count). The van der Waals surface area contributed by atoms with Crippen molar-refractivity contribution in [2.75, 3.05) is 6.54 Å². The maximum atomic E-state index is 5.73. The molecular weight excluding hydrogens is 206 g/mol. The predicted molar refractivity (Wildman–Crippen MR) is 75.4 cm³/mol. The van der Waals surface area contributed by atoms with Crippen molar-refractivity contribution in [3.63, 3.8) is 0 Å². The summed E-state index contributed by atoms with van der Waals surface area (Å²) in [5.74, 6) is 0. The van der Waals surface area contributed by atoms with Gasteiger partial charge in [-0.15, -0.1) is 0 Å². The van der Waals surface area contributed by atoms with Crippen LogP contribution in [0, 0.1) is 6.92 Å². The van der Waals surface area contributed by atoms with Gasteiger partial charge >= 0.3 is 0 Å². The average Bonchev–Trinajstić information content (AvgIpc) is 2.29. The molecule has 0 radical (unpaired) electrons. The largest absolute Gasteiger partial charge is 0.330 e. The van der Waals surface area contributed by atoms with Gasteiger partial charge in [-0.05, 0) is 47.2 Å². The van der Waals surface area contributed by atoms with E-state index in [1.807, 2.05) is 0 Å². The average molecular weight is 227 g/mol. The number of benzene rings is 2. The molecule has 90 valence electrons. The first-order valence-electron chi connectivity index (χ1n) is 6.25. The molecule has 0 saturated heterocycles. The van der Waals surface area contributed by atoms with Gasteiger partial charge in [0.1, 0.15) is 0 Å². The van der Waals surface area contributed by atoms with E-state index in [2.05, 4.69) is 57.2 Å². The van der Waals surface area contributed by atoms with Gasteiger partial charge in [0, 0.05) is 0 Å². The Morgan fingerprint density at radius 2 is 1.65 bits per heavy atom. The van der Waals surface area contributed by atoms with Crippen LogP contribution < -0.4 is 5.73 Å². The molecule has 0 spiro atoms. The maximum Gasteiger partial charge on any atom is -0.00690 e. The second kappa shape index (κ2) is 4.50. The first kappa shape index (κ1) is 12.1. The fraction of sp³-hybridized carbons (Fsp3) is 0.375. The van der Waals surface area contributed by atoms with Crippen LogP contribution in [0.3, 0.4) is 0 Å². The van der Waals surface area contributed by atoms with Gasteiger partial charge in [-0.25, -0.2) is 0 Å². The first-order chi connectivity index (χ1) is 8.06. The van der Waals surface area contributed by atoms with Crippen molar-refractivity contribution in [2.24, 2.45) is 5.73 Å². The molecule has 1 nitrogen and oxygen atoms in total. The molecule has 2 aromatic rings. The van der Waals surface area contributed by atoms with Crippen LogP contribution in [-0.4, -0.2) is 6.54 Å². The minimum atomic E-state index is 0.141. The molecular formula is C16H21N. The van der Waals surface area contributed by atoms with Crippen molar-refractivity contribution < 1.29 is 0 Å². The number of aryl methyl sites for hydroxylation is 1. The predicted octanol–water partition coefficient (Wildman–Crippen LogP) is 3.77. The van der Waals surface area contributed by atoms with Crippen molar-refractivity contribution in [2.45, 2.75) is 32.6 Å². The third-order valence-corrected chi connectivity index (χ3v) is 3.64. The SMILES string of the molecule is Cc1ccc(C(C)(C)CCN)c2ccccc12. The summed E-state index contributed by atoms with van der Waals surface area (Å²) in [7, 11) is 0. The standard InChI is InChI=1S/C16H21N/c1-12-8-9-15(16(2,3)10-11-17)14-7-5-4-6-13(12)14/h4-9H,10-11,17H2,1-3H3. The molecule has 2 N–H and O–H groups in total. The smallest absolute Gasteiger partial charge is 0.00690 e. The molecule has 0 amide bonds. The molecule has 0 heterocycles. The third-order valence-electron chi connectivity index (χ3n) is 3.64. The number of hydrogen-bond donors (Lipinski definition) is 1. The molecule has 0 unspecified atom stereocenters. The van der Waals surface area contributed by atoms with Crippen LogP contribution in [-0.2, 0) is 5.41 Å². The highest BCUT2D eigenvalue weighted by Crippen LogP contribution is 2.33. The Balaban J connectivity index is 2.67. The van der Waals surface area contributed by atoms with E-state index in [9.17, 15) is 0 Å². The van der Waals surface area contributed by atoms with E-state index in [4.69, 9.17) is 5.73 Å². The highest BCUT2D eigenvalue weighted by Gasteiger charge is 2.21. The number of nitrogens with two attached hydrogens (primary N) is 1. The van der Waals surface area contributed by atoms with E-state index in [1.165, 1.54) is 21.9 Å². The highest BCUT2D eigenvalue weighted by atomic mass is 14.5. The summed E-state index contributed by atoms with van der Waals surface area (Å²) in [6, 6.07) is 13.1. The Hall–Kier alpha value is -1.34. The van der Waals surface area contributed by atoms with Crippen LogP contribution in [0.4, 0.5) is 0 Å². The molecule has 0 aliphatic rings. The van der Waals surface area contributed by atoms with Gasteiger partial charge in [-0.1, -0.05) is 50.2 Å². The number of rotatable bonds is 3. The van der Waals surface area contributed by atoms with E-state index < -0.39 is 0 Å². The fourth-order valence-corrected chi connectivity index (χ4v) is 2.54. The van der Waals surface area contributed by atoms with Crippen molar-refractivity contribution in [3.05, 3.63) is 47.5 Å². The summed E-state index contributed by atoms with van der Waals surface area (Å²) in [6.07, 6.45) is 1.01. The summed E-state index contributed by atoms with van der Waals surface area (Å²) >= 11 is 0. The molecule has 1 heteroatoms. The van der Waals surface area contributed by atoms with E-state index in [0.717, 1.165) is 13.0 Å². The van der Waals surface area contributed by atoms with Crippen LogP contribution in [0.5, 0.6) is 0 Å². The minimum Gasteiger partial charge on any atom is -0.330 e. The fourth-order valence-electron chi connectivity index (χ4n) is 2.54. The Morgan fingerprint density at radius 3 is 2.29 bits per heavy atom. The van der Waals surface area contributed by atoms with Crippen LogP contribution in [0.2, 0.25) is 0 Å². The van der Waals surface area contributed by atoms with Crippen LogP contribution >= 0.6 is 0 Å².